The molecule has 0 aromatic carbocycles. The third-order valence-electron chi connectivity index (χ3n) is 1.50. The molecule has 0 spiro atoms. The van der Waals surface area contributed by atoms with E-state index in [9.17, 15) is 14.4 Å². The molecule has 0 aliphatic carbocycles. The molecule has 0 bridgehead atoms. The number of nitrogens with two attached hydrogens (primary N) is 1. The molecule has 0 heterocycles. The molecule has 1 unspecified atom stereocenters. The van der Waals surface area contributed by atoms with Crippen LogP contribution < -0.4 is 5.73 Å². The summed E-state index contributed by atoms with van der Waals surface area (Å²) < 4.78 is 0. The quantitative estimate of drug-likeness (QED) is 0.557. The van der Waals surface area contributed by atoms with Gasteiger partial charge in [-0.2, -0.15) is 0 Å². The van der Waals surface area contributed by atoms with Crippen molar-refractivity contribution in [2.75, 3.05) is 0 Å². The number of carboxylic acid groups (broad SMARTS) is 1. The van der Waals surface area contributed by atoms with E-state index in [1.54, 1.807) is 0 Å². The first-order valence-electron chi connectivity index (χ1n) is 3.93. The maximum Gasteiger partial charge on any atom is 0.320 e. The molecular weight excluding hydrogens is 174 g/mol. The molecule has 0 saturated carbocycles. The Balaban J connectivity index is 3.70. The van der Waals surface area contributed by atoms with Gasteiger partial charge in [-0.05, 0) is 13.3 Å². The average molecular weight is 187 g/mol. The summed E-state index contributed by atoms with van der Waals surface area (Å²) in [5.41, 5.74) is 5.16. The number of aliphatic carboxylic acids is 1. The van der Waals surface area contributed by atoms with Crippen molar-refractivity contribution in [1.82, 2.24) is 0 Å². The van der Waals surface area contributed by atoms with Gasteiger partial charge in [0, 0.05) is 6.42 Å². The van der Waals surface area contributed by atoms with Gasteiger partial charge in [0.1, 0.15) is 17.6 Å². The van der Waals surface area contributed by atoms with Crippen LogP contribution in [0.25, 0.3) is 0 Å². The predicted octanol–water partition coefficient (Wildman–Crippen LogP) is -0.273. The van der Waals surface area contributed by atoms with Gasteiger partial charge in [0.05, 0.1) is 6.42 Å². The zero-order valence-electron chi connectivity index (χ0n) is 7.45. The summed E-state index contributed by atoms with van der Waals surface area (Å²) in [5, 5.41) is 8.37. The van der Waals surface area contributed by atoms with Crippen molar-refractivity contribution in [2.24, 2.45) is 5.73 Å². The molecule has 0 saturated heterocycles. The Hall–Kier alpha value is -1.23. The third-order valence-corrected chi connectivity index (χ3v) is 1.50. The van der Waals surface area contributed by atoms with Crippen molar-refractivity contribution >= 4 is 17.5 Å². The van der Waals surface area contributed by atoms with E-state index >= 15 is 0 Å². The number of carbonyl (C=O) groups excluding carboxylic acids is 2. The highest BCUT2D eigenvalue weighted by Gasteiger charge is 2.13. The molecule has 0 aliphatic heterocycles. The van der Waals surface area contributed by atoms with Crippen LogP contribution in [0.15, 0.2) is 0 Å². The number of carboxylic acids is 1. The van der Waals surface area contributed by atoms with Crippen molar-refractivity contribution in [3.8, 4) is 0 Å². The smallest absolute Gasteiger partial charge is 0.320 e. The number of hydrogen-bond donors (Lipinski definition) is 2. The summed E-state index contributed by atoms with van der Waals surface area (Å²) in [6, 6.07) is -1.02. The van der Waals surface area contributed by atoms with E-state index in [2.05, 4.69) is 0 Å². The van der Waals surface area contributed by atoms with E-state index in [-0.39, 0.29) is 30.8 Å². The number of Topliss-reactive ketones (excluding diaryl/α,β-unsaturated/α-hetero) is 2. The molecule has 0 rings (SSSR count). The second-order valence-corrected chi connectivity index (χ2v) is 2.90. The van der Waals surface area contributed by atoms with Crippen LogP contribution in [-0.2, 0) is 14.4 Å². The van der Waals surface area contributed by atoms with Crippen LogP contribution in [-0.4, -0.2) is 28.7 Å². The largest absolute Gasteiger partial charge is 0.480 e. The Morgan fingerprint density at radius 1 is 1.38 bits per heavy atom. The molecule has 0 aromatic heterocycles. The fourth-order valence-corrected chi connectivity index (χ4v) is 0.806. The number of carbonyl (C=O) groups is 3. The molecular formula is C8H13NO4. The number of hydrogen-bond acceptors (Lipinski definition) is 4. The lowest BCUT2D eigenvalue weighted by Crippen LogP contribution is -2.30. The molecule has 0 aliphatic rings. The van der Waals surface area contributed by atoms with Crippen molar-refractivity contribution in [2.45, 2.75) is 32.2 Å². The highest BCUT2D eigenvalue weighted by Crippen LogP contribution is 1.99. The average Bonchev–Trinajstić information content (AvgIpc) is 1.98. The predicted molar refractivity (Wildman–Crippen MR) is 45.2 cm³/mol. The minimum Gasteiger partial charge on any atom is -0.480 e. The van der Waals surface area contributed by atoms with E-state index in [4.69, 9.17) is 10.8 Å². The Labute approximate surface area is 75.9 Å². The molecule has 0 amide bonds. The summed E-state index contributed by atoms with van der Waals surface area (Å²) >= 11 is 0. The monoisotopic (exact) mass is 187 g/mol. The van der Waals surface area contributed by atoms with Crippen molar-refractivity contribution in [3.05, 3.63) is 0 Å². The fraction of sp³-hybridized carbons (Fsp3) is 0.625. The molecule has 13 heavy (non-hydrogen) atoms. The Kier molecular flexibility index (Phi) is 4.91. The van der Waals surface area contributed by atoms with Gasteiger partial charge >= 0.3 is 5.97 Å². The van der Waals surface area contributed by atoms with Gasteiger partial charge in [-0.3, -0.25) is 14.4 Å². The SMILES string of the molecule is CC(=O)CC(=O)CCC(N)C(=O)O. The van der Waals surface area contributed by atoms with Crippen LogP contribution in [0.2, 0.25) is 0 Å². The molecule has 74 valence electrons. The van der Waals surface area contributed by atoms with E-state index in [0.717, 1.165) is 0 Å². The second kappa shape index (κ2) is 5.42. The van der Waals surface area contributed by atoms with Crippen LogP contribution in [0, 0.1) is 0 Å². The first kappa shape index (κ1) is 11.8. The maximum absolute atomic E-state index is 10.9. The zero-order valence-corrected chi connectivity index (χ0v) is 7.45. The second-order valence-electron chi connectivity index (χ2n) is 2.90. The Morgan fingerprint density at radius 3 is 2.31 bits per heavy atom. The number of rotatable bonds is 6. The molecule has 1 atom stereocenters. The van der Waals surface area contributed by atoms with Gasteiger partial charge in [-0.1, -0.05) is 0 Å². The third kappa shape index (κ3) is 5.98. The topological polar surface area (TPSA) is 97.5 Å². The van der Waals surface area contributed by atoms with E-state index in [0.29, 0.717) is 0 Å². The van der Waals surface area contributed by atoms with Gasteiger partial charge in [-0.15, -0.1) is 0 Å². The summed E-state index contributed by atoms with van der Waals surface area (Å²) in [6.07, 6.45) is 0.000826. The van der Waals surface area contributed by atoms with Crippen LogP contribution in [0.5, 0.6) is 0 Å². The summed E-state index contributed by atoms with van der Waals surface area (Å²) in [5.74, 6) is -1.60. The number of ketones is 2. The first-order valence-corrected chi connectivity index (χ1v) is 3.93. The van der Waals surface area contributed by atoms with E-state index < -0.39 is 12.0 Å². The van der Waals surface area contributed by atoms with Crippen LogP contribution >= 0.6 is 0 Å². The van der Waals surface area contributed by atoms with Crippen LogP contribution in [0.3, 0.4) is 0 Å². The molecule has 5 heteroatoms. The molecule has 5 nitrogen and oxygen atoms in total. The van der Waals surface area contributed by atoms with Gasteiger partial charge in [0.2, 0.25) is 0 Å². The van der Waals surface area contributed by atoms with Crippen LogP contribution in [0.4, 0.5) is 0 Å². The fourth-order valence-electron chi connectivity index (χ4n) is 0.806. The summed E-state index contributed by atoms with van der Waals surface area (Å²) in [7, 11) is 0. The normalized spacial score (nSPS) is 12.2. The lowest BCUT2D eigenvalue weighted by atomic mass is 10.1. The maximum atomic E-state index is 10.9. The molecule has 0 radical (unpaired) electrons. The first-order chi connectivity index (χ1) is 5.93. The van der Waals surface area contributed by atoms with Crippen molar-refractivity contribution in [3.63, 3.8) is 0 Å². The molecule has 3 N–H and O–H groups in total. The van der Waals surface area contributed by atoms with Crippen molar-refractivity contribution in [1.29, 1.82) is 0 Å². The van der Waals surface area contributed by atoms with E-state index in [1.165, 1.54) is 6.92 Å². The lowest BCUT2D eigenvalue weighted by molar-refractivity contribution is -0.138. The van der Waals surface area contributed by atoms with Crippen molar-refractivity contribution < 1.29 is 19.5 Å². The van der Waals surface area contributed by atoms with Gasteiger partial charge in [0.25, 0.3) is 0 Å². The summed E-state index contributed by atoms with van der Waals surface area (Å²) in [6.45, 7) is 1.31. The Bertz CT molecular complexity index is 224. The highest BCUT2D eigenvalue weighted by atomic mass is 16.4. The Morgan fingerprint density at radius 2 is 1.92 bits per heavy atom. The van der Waals surface area contributed by atoms with Crippen LogP contribution in [0.1, 0.15) is 26.2 Å². The molecule has 0 fully saturated rings. The van der Waals surface area contributed by atoms with Gasteiger partial charge in [-0.25, -0.2) is 0 Å². The molecule has 0 aromatic rings. The van der Waals surface area contributed by atoms with Gasteiger partial charge in [0.15, 0.2) is 0 Å². The summed E-state index contributed by atoms with van der Waals surface area (Å²) in [4.78, 5) is 31.6. The minimum absolute atomic E-state index is 0.0487. The highest BCUT2D eigenvalue weighted by molar-refractivity contribution is 5.98. The van der Waals surface area contributed by atoms with E-state index in [1.807, 2.05) is 0 Å². The minimum atomic E-state index is -1.13. The lowest BCUT2D eigenvalue weighted by Gasteiger charge is -2.03. The van der Waals surface area contributed by atoms with Gasteiger partial charge < -0.3 is 10.8 Å². The zero-order chi connectivity index (χ0) is 10.4. The standard InChI is InChI=1S/C8H13NO4/c1-5(10)4-6(11)2-3-7(9)8(12)13/h7H,2-4,9H2,1H3,(H,12,13).